The minimum atomic E-state index is -0.810. The monoisotopic (exact) mass is 277 g/mol. The highest BCUT2D eigenvalue weighted by Crippen LogP contribution is 2.19. The molecule has 1 aliphatic rings. The second-order valence-corrected chi connectivity index (χ2v) is 4.59. The summed E-state index contributed by atoms with van der Waals surface area (Å²) in [5, 5.41) is 0. The summed E-state index contributed by atoms with van der Waals surface area (Å²) in [7, 11) is 1.57. The van der Waals surface area contributed by atoms with Crippen LogP contribution in [0.2, 0.25) is 0 Å². The maximum absolute atomic E-state index is 11.1. The SMILES string of the molecule is CO[C@@H](C(Cc1ccccc1)OC(N)=O)[C@@H]1C=CCO1. The Morgan fingerprint density at radius 1 is 1.45 bits per heavy atom. The molecule has 1 heterocycles. The van der Waals surface area contributed by atoms with Crippen molar-refractivity contribution in [3.05, 3.63) is 48.0 Å². The van der Waals surface area contributed by atoms with Crippen molar-refractivity contribution in [1.82, 2.24) is 0 Å². The van der Waals surface area contributed by atoms with E-state index < -0.39 is 12.2 Å². The number of carbonyl (C=O) groups excluding carboxylic acids is 1. The topological polar surface area (TPSA) is 70.8 Å². The summed E-state index contributed by atoms with van der Waals surface area (Å²) < 4.78 is 16.2. The van der Waals surface area contributed by atoms with Gasteiger partial charge in [-0.15, -0.1) is 0 Å². The van der Waals surface area contributed by atoms with Crippen molar-refractivity contribution in [3.63, 3.8) is 0 Å². The Kier molecular flexibility index (Phi) is 5.15. The largest absolute Gasteiger partial charge is 0.443 e. The van der Waals surface area contributed by atoms with Gasteiger partial charge < -0.3 is 19.9 Å². The van der Waals surface area contributed by atoms with Crippen LogP contribution in [0.5, 0.6) is 0 Å². The van der Waals surface area contributed by atoms with Crippen LogP contribution in [0.15, 0.2) is 42.5 Å². The Balaban J connectivity index is 2.12. The number of rotatable bonds is 6. The van der Waals surface area contributed by atoms with E-state index in [4.69, 9.17) is 19.9 Å². The van der Waals surface area contributed by atoms with Crippen molar-refractivity contribution in [2.45, 2.75) is 24.7 Å². The zero-order valence-corrected chi connectivity index (χ0v) is 11.4. The third kappa shape index (κ3) is 3.82. The minimum absolute atomic E-state index is 0.229. The van der Waals surface area contributed by atoms with E-state index in [-0.39, 0.29) is 12.2 Å². The predicted molar refractivity (Wildman–Crippen MR) is 74.3 cm³/mol. The molecule has 0 saturated carbocycles. The fourth-order valence-electron chi connectivity index (χ4n) is 2.33. The molecule has 0 aliphatic carbocycles. The average molecular weight is 277 g/mol. The smallest absolute Gasteiger partial charge is 0.404 e. The lowest BCUT2D eigenvalue weighted by Crippen LogP contribution is -2.43. The summed E-state index contributed by atoms with van der Waals surface area (Å²) in [6.07, 6.45) is 2.43. The van der Waals surface area contributed by atoms with Crippen LogP contribution in [0, 0.1) is 0 Å². The van der Waals surface area contributed by atoms with Gasteiger partial charge in [0.25, 0.3) is 0 Å². The molecule has 1 aromatic carbocycles. The van der Waals surface area contributed by atoms with Crippen LogP contribution in [0.25, 0.3) is 0 Å². The fourth-order valence-corrected chi connectivity index (χ4v) is 2.33. The first kappa shape index (κ1) is 14.6. The molecule has 0 saturated heterocycles. The first-order valence-corrected chi connectivity index (χ1v) is 6.52. The van der Waals surface area contributed by atoms with E-state index in [1.165, 1.54) is 0 Å². The standard InChI is InChI=1S/C15H19NO4/c1-18-14(12-8-5-9-19-12)13(20-15(16)17)10-11-6-3-2-4-7-11/h2-8,12-14H,9-10H2,1H3,(H2,16,17)/t12-,13?,14+/m0/s1. The summed E-state index contributed by atoms with van der Waals surface area (Å²) in [6, 6.07) is 9.74. The van der Waals surface area contributed by atoms with E-state index in [2.05, 4.69) is 0 Å². The van der Waals surface area contributed by atoms with Gasteiger partial charge in [-0.1, -0.05) is 42.5 Å². The first-order valence-electron chi connectivity index (χ1n) is 6.52. The molecule has 3 atom stereocenters. The summed E-state index contributed by atoms with van der Waals surface area (Å²) in [6.45, 7) is 0.541. The van der Waals surface area contributed by atoms with E-state index in [0.29, 0.717) is 13.0 Å². The van der Waals surface area contributed by atoms with Gasteiger partial charge in [-0.3, -0.25) is 0 Å². The molecular formula is C15H19NO4. The van der Waals surface area contributed by atoms with Gasteiger partial charge in [0.1, 0.15) is 18.3 Å². The van der Waals surface area contributed by atoms with Crippen LogP contribution < -0.4 is 5.73 Å². The number of hydrogen-bond acceptors (Lipinski definition) is 4. The molecule has 0 aromatic heterocycles. The fraction of sp³-hybridized carbons (Fsp3) is 0.400. The summed E-state index contributed by atoms with van der Waals surface area (Å²) >= 11 is 0. The van der Waals surface area contributed by atoms with Crippen molar-refractivity contribution in [2.24, 2.45) is 5.73 Å². The van der Waals surface area contributed by atoms with Crippen LogP contribution in [0.3, 0.4) is 0 Å². The Morgan fingerprint density at radius 2 is 2.20 bits per heavy atom. The molecule has 20 heavy (non-hydrogen) atoms. The molecule has 108 valence electrons. The number of amides is 1. The van der Waals surface area contributed by atoms with E-state index in [1.54, 1.807) is 7.11 Å². The number of methoxy groups -OCH3 is 1. The van der Waals surface area contributed by atoms with Gasteiger partial charge in [0, 0.05) is 13.5 Å². The molecule has 1 unspecified atom stereocenters. The van der Waals surface area contributed by atoms with E-state index >= 15 is 0 Å². The zero-order chi connectivity index (χ0) is 14.4. The lowest BCUT2D eigenvalue weighted by Gasteiger charge is -2.28. The lowest BCUT2D eigenvalue weighted by molar-refractivity contribution is -0.0801. The molecule has 5 heteroatoms. The Bertz CT molecular complexity index is 460. The molecular weight excluding hydrogens is 258 g/mol. The number of nitrogens with two attached hydrogens (primary N) is 1. The van der Waals surface area contributed by atoms with Crippen molar-refractivity contribution in [2.75, 3.05) is 13.7 Å². The number of primary amides is 1. The van der Waals surface area contributed by atoms with E-state index in [0.717, 1.165) is 5.56 Å². The molecule has 2 N–H and O–H groups in total. The van der Waals surface area contributed by atoms with Gasteiger partial charge in [0.2, 0.25) is 0 Å². The van der Waals surface area contributed by atoms with Crippen molar-refractivity contribution in [1.29, 1.82) is 0 Å². The molecule has 1 aliphatic heterocycles. The van der Waals surface area contributed by atoms with E-state index in [9.17, 15) is 4.79 Å². The number of hydrogen-bond donors (Lipinski definition) is 1. The van der Waals surface area contributed by atoms with Gasteiger partial charge in [-0.05, 0) is 5.56 Å². The molecule has 2 rings (SSSR count). The third-order valence-corrected chi connectivity index (χ3v) is 3.22. The van der Waals surface area contributed by atoms with Crippen LogP contribution in [-0.4, -0.2) is 38.1 Å². The van der Waals surface area contributed by atoms with Crippen LogP contribution >= 0.6 is 0 Å². The number of carbonyl (C=O) groups is 1. The van der Waals surface area contributed by atoms with Gasteiger partial charge >= 0.3 is 6.09 Å². The second-order valence-electron chi connectivity index (χ2n) is 4.59. The third-order valence-electron chi connectivity index (χ3n) is 3.22. The molecule has 5 nitrogen and oxygen atoms in total. The second kappa shape index (κ2) is 7.07. The van der Waals surface area contributed by atoms with Crippen molar-refractivity contribution in [3.8, 4) is 0 Å². The molecule has 1 amide bonds. The Morgan fingerprint density at radius 3 is 2.75 bits per heavy atom. The highest BCUT2D eigenvalue weighted by molar-refractivity contribution is 5.64. The minimum Gasteiger partial charge on any atom is -0.443 e. The van der Waals surface area contributed by atoms with Gasteiger partial charge in [-0.25, -0.2) is 4.79 Å². The summed E-state index contributed by atoms with van der Waals surface area (Å²) in [5.74, 6) is 0. The highest BCUT2D eigenvalue weighted by atomic mass is 16.6. The molecule has 0 fully saturated rings. The Hall–Kier alpha value is -1.85. The lowest BCUT2D eigenvalue weighted by atomic mass is 10.00. The average Bonchev–Trinajstić information content (AvgIpc) is 2.94. The molecule has 0 spiro atoms. The highest BCUT2D eigenvalue weighted by Gasteiger charge is 2.33. The molecule has 1 aromatic rings. The maximum atomic E-state index is 11.1. The molecule has 0 radical (unpaired) electrons. The van der Waals surface area contributed by atoms with Crippen LogP contribution in [0.1, 0.15) is 5.56 Å². The predicted octanol–water partition coefficient (Wildman–Crippen LogP) is 1.66. The zero-order valence-electron chi connectivity index (χ0n) is 11.4. The van der Waals surface area contributed by atoms with Gasteiger partial charge in [0.05, 0.1) is 6.61 Å². The van der Waals surface area contributed by atoms with Crippen molar-refractivity contribution < 1.29 is 19.0 Å². The van der Waals surface area contributed by atoms with Crippen LogP contribution in [0.4, 0.5) is 4.79 Å². The van der Waals surface area contributed by atoms with Crippen molar-refractivity contribution >= 4 is 6.09 Å². The van der Waals surface area contributed by atoms with Gasteiger partial charge in [-0.2, -0.15) is 0 Å². The van der Waals surface area contributed by atoms with Gasteiger partial charge in [0.15, 0.2) is 0 Å². The Labute approximate surface area is 118 Å². The van der Waals surface area contributed by atoms with Crippen LogP contribution in [-0.2, 0) is 20.6 Å². The number of benzene rings is 1. The number of ether oxygens (including phenoxy) is 3. The molecule has 0 bridgehead atoms. The summed E-state index contributed by atoms with van der Waals surface area (Å²) in [5.41, 5.74) is 6.21. The first-order chi connectivity index (χ1) is 9.70. The van der Waals surface area contributed by atoms with E-state index in [1.807, 2.05) is 42.5 Å². The summed E-state index contributed by atoms with van der Waals surface area (Å²) in [4.78, 5) is 11.1. The quantitative estimate of drug-likeness (QED) is 0.803. The maximum Gasteiger partial charge on any atom is 0.404 e. The normalized spacial score (nSPS) is 20.6.